The fraction of sp³-hybridized carbons (Fsp3) is 0.364. The highest BCUT2D eigenvalue weighted by molar-refractivity contribution is 5.94. The van der Waals surface area contributed by atoms with Gasteiger partial charge in [0.2, 0.25) is 5.91 Å². The van der Waals surface area contributed by atoms with Gasteiger partial charge in [0.1, 0.15) is 5.82 Å². The minimum atomic E-state index is -0.549. The van der Waals surface area contributed by atoms with Crippen LogP contribution in [0.15, 0.2) is 54.6 Å². The standard InChI is InChI=1S/C22H23FN2O3/c23-19-8-6-17(7-9-19)14-25-20(26)10-12-24(15-22(25)11-13-28-16-22)21(27)18-4-2-1-3-5-18/h1-9H,10-16H2. The van der Waals surface area contributed by atoms with E-state index in [-0.39, 0.29) is 24.1 Å². The van der Waals surface area contributed by atoms with Gasteiger partial charge >= 0.3 is 0 Å². The van der Waals surface area contributed by atoms with Gasteiger partial charge in [-0.05, 0) is 36.2 Å². The van der Waals surface area contributed by atoms with Crippen LogP contribution >= 0.6 is 0 Å². The zero-order valence-electron chi connectivity index (χ0n) is 15.6. The van der Waals surface area contributed by atoms with Crippen molar-refractivity contribution in [2.75, 3.05) is 26.3 Å². The number of carbonyl (C=O) groups excluding carboxylic acids is 2. The summed E-state index contributed by atoms with van der Waals surface area (Å²) in [5.74, 6) is -0.369. The van der Waals surface area contributed by atoms with Gasteiger partial charge in [0, 0.05) is 38.2 Å². The predicted octanol–water partition coefficient (Wildman–Crippen LogP) is 2.86. The van der Waals surface area contributed by atoms with E-state index in [4.69, 9.17) is 4.74 Å². The SMILES string of the molecule is O=C(c1ccccc1)N1CCC(=O)N(Cc2ccc(F)cc2)C2(CCOC2)C1. The van der Waals surface area contributed by atoms with Gasteiger partial charge in [-0.2, -0.15) is 0 Å². The summed E-state index contributed by atoms with van der Waals surface area (Å²) >= 11 is 0. The Morgan fingerprint density at radius 1 is 1.11 bits per heavy atom. The summed E-state index contributed by atoms with van der Waals surface area (Å²) in [6.07, 6.45) is 0.944. The maximum Gasteiger partial charge on any atom is 0.253 e. The molecule has 1 spiro atoms. The van der Waals surface area contributed by atoms with Crippen molar-refractivity contribution in [3.8, 4) is 0 Å². The zero-order valence-corrected chi connectivity index (χ0v) is 15.6. The summed E-state index contributed by atoms with van der Waals surface area (Å²) in [6.45, 7) is 2.16. The van der Waals surface area contributed by atoms with Crippen LogP contribution in [0.25, 0.3) is 0 Å². The molecule has 2 saturated heterocycles. The first kappa shape index (κ1) is 18.6. The third kappa shape index (κ3) is 3.64. The van der Waals surface area contributed by atoms with E-state index in [1.165, 1.54) is 12.1 Å². The van der Waals surface area contributed by atoms with Gasteiger partial charge in [-0.3, -0.25) is 9.59 Å². The predicted molar refractivity (Wildman–Crippen MR) is 102 cm³/mol. The van der Waals surface area contributed by atoms with E-state index in [9.17, 15) is 14.0 Å². The molecule has 1 unspecified atom stereocenters. The number of rotatable bonds is 3. The molecule has 0 aromatic heterocycles. The molecule has 1 atom stereocenters. The molecule has 2 aromatic rings. The van der Waals surface area contributed by atoms with Crippen molar-refractivity contribution in [3.05, 3.63) is 71.5 Å². The third-order valence-corrected chi connectivity index (χ3v) is 5.60. The zero-order chi connectivity index (χ0) is 19.6. The molecule has 2 heterocycles. The van der Waals surface area contributed by atoms with Crippen LogP contribution < -0.4 is 0 Å². The molecule has 2 aliphatic rings. The lowest BCUT2D eigenvalue weighted by atomic mass is 9.94. The topological polar surface area (TPSA) is 49.9 Å². The van der Waals surface area contributed by atoms with Crippen molar-refractivity contribution < 1.29 is 18.7 Å². The Morgan fingerprint density at radius 2 is 1.86 bits per heavy atom. The maximum absolute atomic E-state index is 13.3. The van der Waals surface area contributed by atoms with Crippen molar-refractivity contribution in [1.82, 2.24) is 9.80 Å². The van der Waals surface area contributed by atoms with Crippen molar-refractivity contribution >= 4 is 11.8 Å². The highest BCUT2D eigenvalue weighted by atomic mass is 19.1. The van der Waals surface area contributed by atoms with Crippen LogP contribution in [0.2, 0.25) is 0 Å². The minimum Gasteiger partial charge on any atom is -0.379 e. The number of carbonyl (C=O) groups is 2. The summed E-state index contributed by atoms with van der Waals surface area (Å²) in [5, 5.41) is 0. The fourth-order valence-corrected chi connectivity index (χ4v) is 4.05. The monoisotopic (exact) mass is 382 g/mol. The number of halogens is 1. The Morgan fingerprint density at radius 3 is 2.54 bits per heavy atom. The second-order valence-electron chi connectivity index (χ2n) is 7.48. The van der Waals surface area contributed by atoms with E-state index in [0.29, 0.717) is 44.8 Å². The molecule has 4 rings (SSSR count). The van der Waals surface area contributed by atoms with E-state index in [0.717, 1.165) is 5.56 Å². The molecule has 146 valence electrons. The number of hydrogen-bond donors (Lipinski definition) is 0. The molecule has 0 N–H and O–H groups in total. The largest absolute Gasteiger partial charge is 0.379 e. The summed E-state index contributed by atoms with van der Waals surface area (Å²) in [5.41, 5.74) is 0.937. The number of nitrogens with zero attached hydrogens (tertiary/aromatic N) is 2. The smallest absolute Gasteiger partial charge is 0.253 e. The summed E-state index contributed by atoms with van der Waals surface area (Å²) in [6, 6.07) is 15.3. The lowest BCUT2D eigenvalue weighted by Crippen LogP contribution is -2.56. The molecule has 5 nitrogen and oxygen atoms in total. The minimum absolute atomic E-state index is 0.00168. The molecule has 0 aliphatic carbocycles. The summed E-state index contributed by atoms with van der Waals surface area (Å²) in [4.78, 5) is 29.6. The molecule has 0 saturated carbocycles. The Balaban J connectivity index is 1.61. The van der Waals surface area contributed by atoms with Crippen LogP contribution in [0.3, 0.4) is 0 Å². The first-order chi connectivity index (χ1) is 13.6. The van der Waals surface area contributed by atoms with Crippen LogP contribution in [0.1, 0.15) is 28.8 Å². The van der Waals surface area contributed by atoms with Gasteiger partial charge in [-0.25, -0.2) is 4.39 Å². The summed E-state index contributed by atoms with van der Waals surface area (Å²) in [7, 11) is 0. The van der Waals surface area contributed by atoms with E-state index >= 15 is 0 Å². The lowest BCUT2D eigenvalue weighted by molar-refractivity contribution is -0.137. The van der Waals surface area contributed by atoms with Crippen LogP contribution in [-0.4, -0.2) is 53.5 Å². The van der Waals surface area contributed by atoms with Crippen molar-refractivity contribution in [2.24, 2.45) is 0 Å². The molecule has 2 fully saturated rings. The Labute approximate surface area is 163 Å². The number of hydrogen-bond acceptors (Lipinski definition) is 3. The number of ether oxygens (including phenoxy) is 1. The van der Waals surface area contributed by atoms with Crippen LogP contribution in [0, 0.1) is 5.82 Å². The van der Waals surface area contributed by atoms with Crippen molar-refractivity contribution in [3.63, 3.8) is 0 Å². The van der Waals surface area contributed by atoms with Gasteiger partial charge in [-0.1, -0.05) is 30.3 Å². The average Bonchev–Trinajstić information content (AvgIpc) is 3.14. The van der Waals surface area contributed by atoms with Gasteiger partial charge < -0.3 is 14.5 Å². The summed E-state index contributed by atoms with van der Waals surface area (Å²) < 4.78 is 18.9. The molecule has 28 heavy (non-hydrogen) atoms. The Kier molecular flexibility index (Phi) is 5.13. The normalized spacial score (nSPS) is 22.5. The molecule has 2 aliphatic heterocycles. The Bertz CT molecular complexity index is 848. The van der Waals surface area contributed by atoms with E-state index in [1.807, 2.05) is 23.1 Å². The van der Waals surface area contributed by atoms with Crippen LogP contribution in [0.5, 0.6) is 0 Å². The lowest BCUT2D eigenvalue weighted by Gasteiger charge is -2.40. The van der Waals surface area contributed by atoms with Crippen molar-refractivity contribution in [1.29, 1.82) is 0 Å². The van der Waals surface area contributed by atoms with Crippen LogP contribution in [-0.2, 0) is 16.1 Å². The molecule has 0 radical (unpaired) electrons. The first-order valence-corrected chi connectivity index (χ1v) is 9.54. The Hall–Kier alpha value is -2.73. The molecule has 0 bridgehead atoms. The second kappa shape index (κ2) is 7.72. The van der Waals surface area contributed by atoms with Gasteiger partial charge in [0.15, 0.2) is 0 Å². The van der Waals surface area contributed by atoms with Gasteiger partial charge in [0.05, 0.1) is 12.1 Å². The highest BCUT2D eigenvalue weighted by Gasteiger charge is 2.47. The molecular formula is C22H23FN2O3. The van der Waals surface area contributed by atoms with Crippen molar-refractivity contribution in [2.45, 2.75) is 24.9 Å². The van der Waals surface area contributed by atoms with Crippen LogP contribution in [0.4, 0.5) is 4.39 Å². The third-order valence-electron chi connectivity index (χ3n) is 5.60. The van der Waals surface area contributed by atoms with E-state index in [2.05, 4.69) is 0 Å². The second-order valence-corrected chi connectivity index (χ2v) is 7.48. The highest BCUT2D eigenvalue weighted by Crippen LogP contribution is 2.32. The molecule has 2 amide bonds. The number of benzene rings is 2. The average molecular weight is 382 g/mol. The number of amides is 2. The van der Waals surface area contributed by atoms with Gasteiger partial charge in [0.25, 0.3) is 5.91 Å². The molecule has 2 aromatic carbocycles. The first-order valence-electron chi connectivity index (χ1n) is 9.54. The quantitative estimate of drug-likeness (QED) is 0.820. The van der Waals surface area contributed by atoms with E-state index in [1.54, 1.807) is 29.2 Å². The molecule has 6 heteroatoms. The maximum atomic E-state index is 13.3. The molecular weight excluding hydrogens is 359 g/mol. The fourth-order valence-electron chi connectivity index (χ4n) is 4.05. The van der Waals surface area contributed by atoms with Gasteiger partial charge in [-0.15, -0.1) is 0 Å². The van der Waals surface area contributed by atoms with E-state index < -0.39 is 5.54 Å².